The first kappa shape index (κ1) is 12.9. The molecule has 4 atom stereocenters. The number of amides is 1. The van der Waals surface area contributed by atoms with Gasteiger partial charge in [0.25, 0.3) is 5.91 Å². The van der Waals surface area contributed by atoms with E-state index in [2.05, 4.69) is 20.0 Å². The highest BCUT2D eigenvalue weighted by Gasteiger charge is 2.51. The molecule has 3 bridgehead atoms. The van der Waals surface area contributed by atoms with E-state index in [-0.39, 0.29) is 5.91 Å². The first-order valence-corrected chi connectivity index (χ1v) is 8.27. The van der Waals surface area contributed by atoms with Gasteiger partial charge in [0, 0.05) is 35.6 Å². The lowest BCUT2D eigenvalue weighted by Gasteiger charge is -2.44. The van der Waals surface area contributed by atoms with Crippen LogP contribution in [-0.2, 0) is 0 Å². The Morgan fingerprint density at radius 3 is 3.18 bits per heavy atom. The molecule has 6 heteroatoms. The number of piperazine rings is 1. The highest BCUT2D eigenvalue weighted by Crippen LogP contribution is 2.41. The SMILES string of the molecule is O=C(c1n[nH]c2cc(Cl)ccc12)N1[C@@H]2C[C@H]3CCN(C2)C[C@H]31. The van der Waals surface area contributed by atoms with Crippen molar-refractivity contribution >= 4 is 28.4 Å². The Balaban J connectivity index is 1.54. The number of carbonyl (C=O) groups is 1. The number of fused-ring (bicyclic) bond motifs is 3. The number of piperidine rings is 1. The molecule has 3 aliphatic rings. The maximum absolute atomic E-state index is 13.1. The summed E-state index contributed by atoms with van der Waals surface area (Å²) in [6, 6.07) is 6.25. The van der Waals surface area contributed by atoms with Crippen molar-refractivity contribution in [2.75, 3.05) is 19.6 Å². The molecule has 1 unspecified atom stereocenters. The largest absolute Gasteiger partial charge is 0.328 e. The predicted octanol–water partition coefficient (Wildman–Crippen LogP) is 2.13. The van der Waals surface area contributed by atoms with Gasteiger partial charge in [-0.25, -0.2) is 0 Å². The molecule has 4 heterocycles. The molecule has 1 aromatic carbocycles. The summed E-state index contributed by atoms with van der Waals surface area (Å²) in [7, 11) is 0. The molecular formula is C16H17ClN4O. The standard InChI is InChI=1S/C16H17ClN4O/c17-10-1-2-12-13(6-10)18-19-15(12)16(22)21-11-5-9-3-4-20(7-11)8-14(9)21/h1-2,6,9,11,14H,3-5,7-8H2,(H,18,19)/t9-,11-,14-/m1/s1. The van der Waals surface area contributed by atoms with Crippen LogP contribution >= 0.6 is 11.6 Å². The van der Waals surface area contributed by atoms with Gasteiger partial charge in [-0.15, -0.1) is 0 Å². The van der Waals surface area contributed by atoms with Crippen LogP contribution in [-0.4, -0.2) is 57.6 Å². The van der Waals surface area contributed by atoms with Crippen LogP contribution in [0.25, 0.3) is 10.9 Å². The van der Waals surface area contributed by atoms with Crippen LogP contribution in [0.3, 0.4) is 0 Å². The fourth-order valence-electron chi connectivity index (χ4n) is 4.59. The van der Waals surface area contributed by atoms with Crippen molar-refractivity contribution in [3.05, 3.63) is 28.9 Å². The van der Waals surface area contributed by atoms with Crippen molar-refractivity contribution < 1.29 is 4.79 Å². The van der Waals surface area contributed by atoms with Gasteiger partial charge in [-0.2, -0.15) is 5.10 Å². The smallest absolute Gasteiger partial charge is 0.275 e. The Bertz CT molecular complexity index is 769. The highest BCUT2D eigenvalue weighted by atomic mass is 35.5. The zero-order valence-corrected chi connectivity index (χ0v) is 12.9. The molecule has 0 spiro atoms. The summed E-state index contributed by atoms with van der Waals surface area (Å²) in [5.74, 6) is 0.750. The Labute approximate surface area is 133 Å². The number of nitrogens with one attached hydrogen (secondary N) is 1. The fraction of sp³-hybridized carbons (Fsp3) is 0.500. The number of aromatic nitrogens is 2. The quantitative estimate of drug-likeness (QED) is 0.877. The van der Waals surface area contributed by atoms with Crippen LogP contribution in [0.2, 0.25) is 5.02 Å². The molecule has 1 aromatic heterocycles. The second-order valence-electron chi connectivity index (χ2n) is 6.74. The second-order valence-corrected chi connectivity index (χ2v) is 7.18. The highest BCUT2D eigenvalue weighted by molar-refractivity contribution is 6.31. The molecule has 0 saturated carbocycles. The Morgan fingerprint density at radius 1 is 1.36 bits per heavy atom. The van der Waals surface area contributed by atoms with E-state index in [1.54, 1.807) is 0 Å². The van der Waals surface area contributed by atoms with Crippen LogP contribution in [0.1, 0.15) is 23.3 Å². The topological polar surface area (TPSA) is 52.2 Å². The van der Waals surface area contributed by atoms with Gasteiger partial charge in [-0.1, -0.05) is 11.6 Å². The van der Waals surface area contributed by atoms with Crippen molar-refractivity contribution in [3.8, 4) is 0 Å². The zero-order valence-electron chi connectivity index (χ0n) is 12.1. The number of hydrogen-bond acceptors (Lipinski definition) is 3. The van der Waals surface area contributed by atoms with Crippen LogP contribution in [0.15, 0.2) is 18.2 Å². The number of H-pyrrole nitrogens is 1. The summed E-state index contributed by atoms with van der Waals surface area (Å²) in [6.45, 7) is 3.25. The fourth-order valence-corrected chi connectivity index (χ4v) is 4.76. The van der Waals surface area contributed by atoms with Crippen LogP contribution in [0, 0.1) is 5.92 Å². The van der Waals surface area contributed by atoms with Crippen LogP contribution in [0.4, 0.5) is 0 Å². The minimum atomic E-state index is 0.0765. The molecule has 2 aromatic rings. The molecule has 1 N–H and O–H groups in total. The van der Waals surface area contributed by atoms with E-state index in [0.29, 0.717) is 28.7 Å². The molecule has 22 heavy (non-hydrogen) atoms. The van der Waals surface area contributed by atoms with Gasteiger partial charge in [-0.05, 0) is 43.5 Å². The summed E-state index contributed by atoms with van der Waals surface area (Å²) >= 11 is 6.01. The molecule has 114 valence electrons. The third-order valence-corrected chi connectivity index (χ3v) is 5.80. The molecule has 0 radical (unpaired) electrons. The summed E-state index contributed by atoms with van der Waals surface area (Å²) in [5, 5.41) is 8.74. The number of rotatable bonds is 1. The van der Waals surface area contributed by atoms with Crippen molar-refractivity contribution in [3.63, 3.8) is 0 Å². The number of hydrogen-bond donors (Lipinski definition) is 1. The molecule has 5 nitrogen and oxygen atoms in total. The molecule has 5 rings (SSSR count). The van der Waals surface area contributed by atoms with Gasteiger partial charge >= 0.3 is 0 Å². The lowest BCUT2D eigenvalue weighted by atomic mass is 9.93. The third-order valence-electron chi connectivity index (χ3n) is 5.56. The van der Waals surface area contributed by atoms with Gasteiger partial charge < -0.3 is 4.90 Å². The van der Waals surface area contributed by atoms with Crippen LogP contribution < -0.4 is 0 Å². The predicted molar refractivity (Wildman–Crippen MR) is 84.0 cm³/mol. The van der Waals surface area contributed by atoms with Gasteiger partial charge in [0.05, 0.1) is 5.52 Å². The van der Waals surface area contributed by atoms with Crippen molar-refractivity contribution in [1.29, 1.82) is 0 Å². The minimum Gasteiger partial charge on any atom is -0.328 e. The molecular weight excluding hydrogens is 300 g/mol. The normalized spacial score (nSPS) is 32.9. The van der Waals surface area contributed by atoms with Gasteiger partial charge in [0.1, 0.15) is 0 Å². The minimum absolute atomic E-state index is 0.0765. The van der Waals surface area contributed by atoms with Gasteiger partial charge in [-0.3, -0.25) is 14.8 Å². The molecule has 1 amide bonds. The summed E-state index contributed by atoms with van der Waals surface area (Å²) in [4.78, 5) is 17.7. The van der Waals surface area contributed by atoms with E-state index in [9.17, 15) is 4.79 Å². The summed E-state index contributed by atoms with van der Waals surface area (Å²) < 4.78 is 0. The first-order chi connectivity index (χ1) is 10.7. The molecule has 3 aliphatic heterocycles. The Hall–Kier alpha value is -1.59. The van der Waals surface area contributed by atoms with E-state index < -0.39 is 0 Å². The third kappa shape index (κ3) is 1.69. The number of aromatic amines is 1. The summed E-state index contributed by atoms with van der Waals surface area (Å²) in [6.07, 6.45) is 2.38. The lowest BCUT2D eigenvalue weighted by Crippen LogP contribution is -2.58. The monoisotopic (exact) mass is 316 g/mol. The van der Waals surface area contributed by atoms with Crippen LogP contribution in [0.5, 0.6) is 0 Å². The maximum Gasteiger partial charge on any atom is 0.275 e. The van der Waals surface area contributed by atoms with E-state index in [1.165, 1.54) is 13.0 Å². The Kier molecular flexibility index (Phi) is 2.62. The molecule has 0 aliphatic carbocycles. The molecule has 3 fully saturated rings. The second kappa shape index (κ2) is 4.46. The summed E-state index contributed by atoms with van der Waals surface area (Å²) in [5.41, 5.74) is 1.36. The van der Waals surface area contributed by atoms with Gasteiger partial charge in [0.2, 0.25) is 0 Å². The number of halogens is 1. The van der Waals surface area contributed by atoms with Crippen molar-refractivity contribution in [2.24, 2.45) is 5.92 Å². The molecule has 3 saturated heterocycles. The number of benzene rings is 1. The maximum atomic E-state index is 13.1. The zero-order chi connectivity index (χ0) is 14.8. The van der Waals surface area contributed by atoms with Gasteiger partial charge in [0.15, 0.2) is 5.69 Å². The Morgan fingerprint density at radius 2 is 2.27 bits per heavy atom. The number of nitrogens with zero attached hydrogens (tertiary/aromatic N) is 3. The first-order valence-electron chi connectivity index (χ1n) is 7.89. The van der Waals surface area contributed by atoms with E-state index in [4.69, 9.17) is 11.6 Å². The van der Waals surface area contributed by atoms with E-state index >= 15 is 0 Å². The number of carbonyl (C=O) groups excluding carboxylic acids is 1. The van der Waals surface area contributed by atoms with Crippen molar-refractivity contribution in [2.45, 2.75) is 24.9 Å². The average molecular weight is 317 g/mol. The lowest BCUT2D eigenvalue weighted by molar-refractivity contribution is 0.0258. The van der Waals surface area contributed by atoms with E-state index in [1.807, 2.05) is 18.2 Å². The van der Waals surface area contributed by atoms with E-state index in [0.717, 1.165) is 30.4 Å². The van der Waals surface area contributed by atoms with Crippen molar-refractivity contribution in [1.82, 2.24) is 20.0 Å². The average Bonchev–Trinajstić information content (AvgIpc) is 2.95.